The van der Waals surface area contributed by atoms with E-state index in [4.69, 9.17) is 21.4 Å². The number of aromatic amines is 1. The number of fused-ring (bicyclic) bond motifs is 1. The number of rotatable bonds is 4. The van der Waals surface area contributed by atoms with Crippen molar-refractivity contribution in [3.63, 3.8) is 0 Å². The molecule has 0 aliphatic rings. The number of nitrogens with one attached hydrogen (secondary N) is 1. The molecular weight excluding hydrogens is 344 g/mol. The monoisotopic (exact) mass is 358 g/mol. The number of aromatic nitrogens is 2. The standard InChI is InChI=1S/C18H15ClN2O4/c1-9(25-12-5-3-11(4-6-12)18(23)24)13-7-14-16(8-15(13)19)20-10(2)21-17(14)22/h3-9H,1-2H3,(H,23,24)(H,20,21,22). The molecule has 2 N–H and O–H groups in total. The molecule has 3 aromatic rings. The number of carboxylic acid groups (broad SMARTS) is 1. The molecule has 128 valence electrons. The molecule has 1 atom stereocenters. The summed E-state index contributed by atoms with van der Waals surface area (Å²) in [6.07, 6.45) is -0.437. The first-order valence-electron chi connectivity index (χ1n) is 7.55. The molecule has 0 radical (unpaired) electrons. The Kier molecular flexibility index (Phi) is 4.46. The lowest BCUT2D eigenvalue weighted by Crippen LogP contribution is -2.11. The minimum absolute atomic E-state index is 0.178. The molecule has 1 heterocycles. The summed E-state index contributed by atoms with van der Waals surface area (Å²) in [4.78, 5) is 29.9. The number of hydrogen-bond donors (Lipinski definition) is 2. The van der Waals surface area contributed by atoms with E-state index in [1.54, 1.807) is 38.1 Å². The molecule has 3 rings (SSSR count). The van der Waals surface area contributed by atoms with Gasteiger partial charge in [0, 0.05) is 10.6 Å². The molecule has 0 bridgehead atoms. The lowest BCUT2D eigenvalue weighted by Gasteiger charge is -2.17. The van der Waals surface area contributed by atoms with Crippen molar-refractivity contribution in [2.75, 3.05) is 0 Å². The molecule has 0 spiro atoms. The van der Waals surface area contributed by atoms with Gasteiger partial charge in [0.1, 0.15) is 17.7 Å². The van der Waals surface area contributed by atoms with Crippen LogP contribution in [0.4, 0.5) is 0 Å². The third-order valence-corrected chi connectivity index (χ3v) is 4.12. The first-order valence-corrected chi connectivity index (χ1v) is 7.93. The number of hydrogen-bond acceptors (Lipinski definition) is 4. The molecule has 0 fully saturated rings. The predicted octanol–water partition coefficient (Wildman–Crippen LogP) is 3.72. The van der Waals surface area contributed by atoms with E-state index in [9.17, 15) is 9.59 Å². The van der Waals surface area contributed by atoms with Crippen LogP contribution in [0.1, 0.15) is 34.8 Å². The highest BCUT2D eigenvalue weighted by atomic mass is 35.5. The summed E-state index contributed by atoms with van der Waals surface area (Å²) in [6.45, 7) is 3.50. The summed E-state index contributed by atoms with van der Waals surface area (Å²) in [6, 6.07) is 9.38. The van der Waals surface area contributed by atoms with Crippen molar-refractivity contribution < 1.29 is 14.6 Å². The number of aryl methyl sites for hydroxylation is 1. The van der Waals surface area contributed by atoms with Crippen LogP contribution < -0.4 is 10.3 Å². The second-order valence-electron chi connectivity index (χ2n) is 5.63. The van der Waals surface area contributed by atoms with Crippen LogP contribution in [0.25, 0.3) is 10.9 Å². The zero-order valence-electron chi connectivity index (χ0n) is 13.5. The lowest BCUT2D eigenvalue weighted by molar-refractivity contribution is 0.0697. The number of carbonyl (C=O) groups is 1. The van der Waals surface area contributed by atoms with Crippen LogP contribution in [-0.4, -0.2) is 21.0 Å². The number of nitrogens with zero attached hydrogens (tertiary/aromatic N) is 1. The smallest absolute Gasteiger partial charge is 0.335 e. The number of H-pyrrole nitrogens is 1. The maximum absolute atomic E-state index is 12.1. The number of halogens is 1. The normalized spacial score (nSPS) is 12.1. The van der Waals surface area contributed by atoms with E-state index in [-0.39, 0.29) is 11.1 Å². The molecule has 6 nitrogen and oxygen atoms in total. The molecule has 2 aromatic carbocycles. The van der Waals surface area contributed by atoms with Crippen LogP contribution in [0.15, 0.2) is 41.2 Å². The fourth-order valence-electron chi connectivity index (χ4n) is 2.55. The van der Waals surface area contributed by atoms with Gasteiger partial charge in [-0.25, -0.2) is 9.78 Å². The van der Waals surface area contributed by atoms with Gasteiger partial charge < -0.3 is 14.8 Å². The van der Waals surface area contributed by atoms with Gasteiger partial charge in [0.2, 0.25) is 0 Å². The molecule has 0 saturated carbocycles. The molecule has 25 heavy (non-hydrogen) atoms. The van der Waals surface area contributed by atoms with Crippen LogP contribution in [0.3, 0.4) is 0 Å². The minimum Gasteiger partial charge on any atom is -0.486 e. The Balaban J connectivity index is 1.93. The van der Waals surface area contributed by atoms with Crippen LogP contribution in [0.5, 0.6) is 5.75 Å². The molecule has 1 aromatic heterocycles. The van der Waals surface area contributed by atoms with Crippen molar-refractivity contribution in [1.29, 1.82) is 0 Å². The van der Waals surface area contributed by atoms with Crippen LogP contribution in [0, 0.1) is 6.92 Å². The molecule has 0 aliphatic heterocycles. The van der Waals surface area contributed by atoms with Crippen molar-refractivity contribution >= 4 is 28.5 Å². The molecule has 1 unspecified atom stereocenters. The average molecular weight is 359 g/mol. The van der Waals surface area contributed by atoms with Crippen molar-refractivity contribution in [1.82, 2.24) is 9.97 Å². The Labute approximate surface area is 148 Å². The maximum atomic E-state index is 12.1. The second-order valence-corrected chi connectivity index (χ2v) is 6.04. The molecule has 0 aliphatic carbocycles. The third-order valence-electron chi connectivity index (χ3n) is 3.79. The third kappa shape index (κ3) is 3.49. The van der Waals surface area contributed by atoms with Gasteiger partial charge in [0.05, 0.1) is 16.5 Å². The average Bonchev–Trinajstić information content (AvgIpc) is 2.54. The molecule has 0 amide bonds. The number of benzene rings is 2. The van der Waals surface area contributed by atoms with E-state index in [2.05, 4.69) is 9.97 Å². The van der Waals surface area contributed by atoms with Gasteiger partial charge in [-0.2, -0.15) is 0 Å². The van der Waals surface area contributed by atoms with E-state index < -0.39 is 12.1 Å². The minimum atomic E-state index is -1.00. The van der Waals surface area contributed by atoms with E-state index >= 15 is 0 Å². The van der Waals surface area contributed by atoms with E-state index in [1.165, 1.54) is 12.1 Å². The van der Waals surface area contributed by atoms with Gasteiger partial charge in [-0.1, -0.05) is 11.6 Å². The topological polar surface area (TPSA) is 92.3 Å². The van der Waals surface area contributed by atoms with Gasteiger partial charge >= 0.3 is 5.97 Å². The number of ether oxygens (including phenoxy) is 1. The van der Waals surface area contributed by atoms with E-state index in [1.807, 2.05) is 0 Å². The van der Waals surface area contributed by atoms with E-state index in [0.717, 1.165) is 0 Å². The fraction of sp³-hybridized carbons (Fsp3) is 0.167. The van der Waals surface area contributed by atoms with Gasteiger partial charge in [-0.05, 0) is 50.2 Å². The molecule has 7 heteroatoms. The van der Waals surface area contributed by atoms with Gasteiger partial charge in [-0.15, -0.1) is 0 Å². The highest BCUT2D eigenvalue weighted by Gasteiger charge is 2.15. The van der Waals surface area contributed by atoms with Crippen molar-refractivity contribution in [3.05, 3.63) is 68.7 Å². The highest BCUT2D eigenvalue weighted by molar-refractivity contribution is 6.32. The Hall–Kier alpha value is -2.86. The summed E-state index contributed by atoms with van der Waals surface area (Å²) >= 11 is 6.33. The number of aromatic carboxylic acids is 1. The summed E-state index contributed by atoms with van der Waals surface area (Å²) in [5.74, 6) is 0.0212. The molecular formula is C18H15ClN2O4. The lowest BCUT2D eigenvalue weighted by atomic mass is 10.1. The van der Waals surface area contributed by atoms with Crippen LogP contribution >= 0.6 is 11.6 Å². The quantitative estimate of drug-likeness (QED) is 0.741. The van der Waals surface area contributed by atoms with Gasteiger partial charge in [0.25, 0.3) is 5.56 Å². The summed E-state index contributed by atoms with van der Waals surface area (Å²) in [5, 5.41) is 9.80. The van der Waals surface area contributed by atoms with Gasteiger partial charge in [-0.3, -0.25) is 4.79 Å². The molecule has 0 saturated heterocycles. The van der Waals surface area contributed by atoms with Gasteiger partial charge in [0.15, 0.2) is 0 Å². The van der Waals surface area contributed by atoms with Crippen molar-refractivity contribution in [2.45, 2.75) is 20.0 Å². The van der Waals surface area contributed by atoms with Crippen molar-refractivity contribution in [2.24, 2.45) is 0 Å². The second kappa shape index (κ2) is 6.57. The van der Waals surface area contributed by atoms with Crippen molar-refractivity contribution in [3.8, 4) is 5.75 Å². The summed E-state index contributed by atoms with van der Waals surface area (Å²) < 4.78 is 5.82. The van der Waals surface area contributed by atoms with E-state index in [0.29, 0.717) is 33.1 Å². The predicted molar refractivity (Wildman–Crippen MR) is 94.6 cm³/mol. The highest BCUT2D eigenvalue weighted by Crippen LogP contribution is 2.30. The Bertz CT molecular complexity index is 1010. The fourth-order valence-corrected chi connectivity index (χ4v) is 2.86. The SMILES string of the molecule is Cc1nc2cc(Cl)c(C(C)Oc3ccc(C(=O)O)cc3)cc2c(=O)[nH]1. The summed E-state index contributed by atoms with van der Waals surface area (Å²) in [5.41, 5.74) is 1.11. The first-order chi connectivity index (χ1) is 11.8. The number of carboxylic acids is 1. The van der Waals surface area contributed by atoms with Crippen LogP contribution in [0.2, 0.25) is 5.02 Å². The Morgan fingerprint density at radius 2 is 1.96 bits per heavy atom. The Morgan fingerprint density at radius 3 is 2.60 bits per heavy atom. The zero-order chi connectivity index (χ0) is 18.1. The summed E-state index contributed by atoms with van der Waals surface area (Å²) in [7, 11) is 0. The zero-order valence-corrected chi connectivity index (χ0v) is 14.3. The largest absolute Gasteiger partial charge is 0.486 e. The Morgan fingerprint density at radius 1 is 1.28 bits per heavy atom. The first kappa shape index (κ1) is 17.0. The van der Waals surface area contributed by atoms with Crippen LogP contribution in [-0.2, 0) is 0 Å². The maximum Gasteiger partial charge on any atom is 0.335 e.